The van der Waals surface area contributed by atoms with Gasteiger partial charge in [-0.05, 0) is 62.5 Å². The number of carbonyl (C=O) groups excluding carboxylic acids is 1. The molecule has 2 aliphatic rings. The van der Waals surface area contributed by atoms with Gasteiger partial charge in [0.05, 0.1) is 6.04 Å². The van der Waals surface area contributed by atoms with Crippen molar-refractivity contribution in [3.05, 3.63) is 35.5 Å². The molecule has 0 radical (unpaired) electrons. The van der Waals surface area contributed by atoms with Crippen LogP contribution in [0.15, 0.2) is 24.4 Å². The third kappa shape index (κ3) is 2.57. The topological polar surface area (TPSA) is 48.6 Å². The lowest BCUT2D eigenvalue weighted by Crippen LogP contribution is -2.39. The number of nitrogens with zero attached hydrogens (tertiary/aromatic N) is 2. The molecule has 1 amide bonds. The second-order valence-electron chi connectivity index (χ2n) is 7.46. The van der Waals surface area contributed by atoms with Crippen molar-refractivity contribution in [1.82, 2.24) is 14.8 Å². The fourth-order valence-electron chi connectivity index (χ4n) is 3.92. The molecule has 1 saturated heterocycles. The molecule has 1 aromatic heterocycles. The predicted molar refractivity (Wildman–Crippen MR) is 94.4 cm³/mol. The van der Waals surface area contributed by atoms with Crippen LogP contribution in [0.5, 0.6) is 0 Å². The van der Waals surface area contributed by atoms with E-state index in [1.54, 1.807) is 4.90 Å². The van der Waals surface area contributed by atoms with E-state index in [4.69, 9.17) is 4.74 Å². The minimum atomic E-state index is -0.215. The van der Waals surface area contributed by atoms with Crippen LogP contribution < -0.4 is 0 Å². The van der Waals surface area contributed by atoms with Crippen molar-refractivity contribution in [1.29, 1.82) is 0 Å². The van der Waals surface area contributed by atoms with Gasteiger partial charge in [0.15, 0.2) is 0 Å². The first-order chi connectivity index (χ1) is 11.5. The van der Waals surface area contributed by atoms with Gasteiger partial charge in [-0.15, -0.1) is 0 Å². The third-order valence-electron chi connectivity index (χ3n) is 5.77. The van der Waals surface area contributed by atoms with Crippen molar-refractivity contribution in [2.24, 2.45) is 0 Å². The van der Waals surface area contributed by atoms with Gasteiger partial charge >= 0.3 is 6.09 Å². The molecule has 0 spiro atoms. The molecule has 1 aliphatic carbocycles. The second kappa shape index (κ2) is 5.81. The number of fused-ring (bicyclic) bond motifs is 1. The number of likely N-dealkylation sites (N-methyl/N-ethyl adjacent to an activating group) is 1. The summed E-state index contributed by atoms with van der Waals surface area (Å²) in [6.07, 6.45) is 5.27. The Bertz CT molecular complexity index is 761. The Morgan fingerprint density at radius 3 is 2.79 bits per heavy atom. The van der Waals surface area contributed by atoms with E-state index in [2.05, 4.69) is 48.4 Å². The zero-order valence-corrected chi connectivity index (χ0v) is 14.6. The zero-order chi connectivity index (χ0) is 16.8. The number of cyclic esters (lactones) is 1. The number of aromatic nitrogens is 1. The maximum absolute atomic E-state index is 11.5. The Morgan fingerprint density at radius 2 is 2.12 bits per heavy atom. The summed E-state index contributed by atoms with van der Waals surface area (Å²) >= 11 is 0. The number of ether oxygens (including phenoxy) is 1. The maximum Gasteiger partial charge on any atom is 0.409 e. The van der Waals surface area contributed by atoms with Crippen molar-refractivity contribution in [2.75, 3.05) is 27.7 Å². The Hall–Kier alpha value is -2.01. The molecule has 5 nitrogen and oxygen atoms in total. The van der Waals surface area contributed by atoms with Crippen LogP contribution in [0.3, 0.4) is 0 Å². The highest BCUT2D eigenvalue weighted by Crippen LogP contribution is 2.42. The van der Waals surface area contributed by atoms with E-state index in [-0.39, 0.29) is 12.1 Å². The normalized spacial score (nSPS) is 26.9. The molecule has 1 atom stereocenters. The number of hydrogen-bond acceptors (Lipinski definition) is 3. The van der Waals surface area contributed by atoms with Crippen molar-refractivity contribution in [2.45, 2.75) is 37.3 Å². The highest BCUT2D eigenvalue weighted by Gasteiger charge is 2.33. The number of carbonyl (C=O) groups is 1. The fraction of sp³-hybridized carbons (Fsp3) is 0.526. The third-order valence-corrected chi connectivity index (χ3v) is 5.77. The molecule has 128 valence electrons. The standard InChI is InChI=1S/C19H25N3O2/c1-21(2)14-8-13(9-14)17-10-20-18-5-4-12(7-16(17)18)6-15-11-24-19(23)22(15)3/h4-5,7,10,13-15,20H,6,8-9,11H2,1-3H3. The average molecular weight is 327 g/mol. The summed E-state index contributed by atoms with van der Waals surface area (Å²) in [4.78, 5) is 19.0. The van der Waals surface area contributed by atoms with Crippen molar-refractivity contribution in [3.8, 4) is 0 Å². The van der Waals surface area contributed by atoms with E-state index < -0.39 is 0 Å². The Balaban J connectivity index is 1.54. The van der Waals surface area contributed by atoms with Crippen LogP contribution in [0.1, 0.15) is 29.9 Å². The first-order valence-electron chi connectivity index (χ1n) is 8.69. The number of H-pyrrole nitrogens is 1. The lowest BCUT2D eigenvalue weighted by atomic mass is 9.75. The molecule has 1 saturated carbocycles. The largest absolute Gasteiger partial charge is 0.447 e. The van der Waals surface area contributed by atoms with Gasteiger partial charge in [0, 0.05) is 30.2 Å². The first-order valence-corrected chi connectivity index (χ1v) is 8.69. The van der Waals surface area contributed by atoms with Gasteiger partial charge in [-0.2, -0.15) is 0 Å². The fourth-order valence-corrected chi connectivity index (χ4v) is 3.92. The molecule has 1 N–H and O–H groups in total. The molecule has 1 aliphatic heterocycles. The van der Waals surface area contributed by atoms with Gasteiger partial charge in [-0.1, -0.05) is 6.07 Å². The molecule has 4 rings (SSSR count). The molecular weight excluding hydrogens is 302 g/mol. The summed E-state index contributed by atoms with van der Waals surface area (Å²) < 4.78 is 5.12. The average Bonchev–Trinajstić information content (AvgIpc) is 3.04. The summed E-state index contributed by atoms with van der Waals surface area (Å²) in [7, 11) is 6.14. The zero-order valence-electron chi connectivity index (χ0n) is 14.6. The van der Waals surface area contributed by atoms with E-state index in [0.717, 1.165) is 6.42 Å². The molecule has 1 unspecified atom stereocenters. The number of benzene rings is 1. The Kier molecular flexibility index (Phi) is 3.76. The number of amides is 1. The van der Waals surface area contributed by atoms with E-state index in [1.807, 2.05) is 7.05 Å². The first kappa shape index (κ1) is 15.5. The van der Waals surface area contributed by atoms with Gasteiger partial charge in [-0.3, -0.25) is 0 Å². The molecule has 24 heavy (non-hydrogen) atoms. The van der Waals surface area contributed by atoms with Crippen molar-refractivity contribution >= 4 is 17.0 Å². The van der Waals surface area contributed by atoms with Crippen LogP contribution in [0.25, 0.3) is 10.9 Å². The van der Waals surface area contributed by atoms with Crippen LogP contribution in [0, 0.1) is 0 Å². The van der Waals surface area contributed by atoms with Gasteiger partial charge in [0.2, 0.25) is 0 Å². The minimum Gasteiger partial charge on any atom is -0.447 e. The van der Waals surface area contributed by atoms with Crippen LogP contribution >= 0.6 is 0 Å². The minimum absolute atomic E-state index is 0.138. The molecule has 2 heterocycles. The number of rotatable bonds is 4. The summed E-state index contributed by atoms with van der Waals surface area (Å²) in [5.74, 6) is 0.653. The summed E-state index contributed by atoms with van der Waals surface area (Å²) in [6, 6.07) is 7.45. The van der Waals surface area contributed by atoms with Gasteiger partial charge in [0.25, 0.3) is 0 Å². The van der Waals surface area contributed by atoms with Crippen LogP contribution in [-0.4, -0.2) is 60.7 Å². The molecule has 2 aromatic rings. The van der Waals surface area contributed by atoms with Gasteiger partial charge in [-0.25, -0.2) is 4.79 Å². The van der Waals surface area contributed by atoms with Gasteiger partial charge < -0.3 is 19.5 Å². The highest BCUT2D eigenvalue weighted by atomic mass is 16.6. The molecule has 2 fully saturated rings. The molecule has 5 heteroatoms. The van der Waals surface area contributed by atoms with E-state index >= 15 is 0 Å². The quantitative estimate of drug-likeness (QED) is 0.939. The van der Waals surface area contributed by atoms with Crippen LogP contribution in [0.4, 0.5) is 4.79 Å². The summed E-state index contributed by atoms with van der Waals surface area (Å²) in [5, 5.41) is 1.34. The highest BCUT2D eigenvalue weighted by molar-refractivity contribution is 5.84. The Labute approximate surface area is 142 Å². The Morgan fingerprint density at radius 1 is 1.33 bits per heavy atom. The number of aromatic amines is 1. The van der Waals surface area contributed by atoms with Crippen molar-refractivity contribution in [3.63, 3.8) is 0 Å². The molecule has 0 bridgehead atoms. The lowest BCUT2D eigenvalue weighted by Gasteiger charge is -2.39. The number of hydrogen-bond donors (Lipinski definition) is 1. The van der Waals surface area contributed by atoms with E-state index in [9.17, 15) is 4.79 Å². The summed E-state index contributed by atoms with van der Waals surface area (Å²) in [5.41, 5.74) is 3.91. The summed E-state index contributed by atoms with van der Waals surface area (Å²) in [6.45, 7) is 0.487. The van der Waals surface area contributed by atoms with Crippen LogP contribution in [0.2, 0.25) is 0 Å². The van der Waals surface area contributed by atoms with Crippen LogP contribution in [-0.2, 0) is 11.2 Å². The predicted octanol–water partition coefficient (Wildman–Crippen LogP) is 2.97. The molecule has 1 aromatic carbocycles. The van der Waals surface area contributed by atoms with Crippen molar-refractivity contribution < 1.29 is 9.53 Å². The maximum atomic E-state index is 11.5. The van der Waals surface area contributed by atoms with Gasteiger partial charge in [0.1, 0.15) is 6.61 Å². The lowest BCUT2D eigenvalue weighted by molar-refractivity contribution is 0.163. The number of nitrogens with one attached hydrogen (secondary N) is 1. The SMILES string of the molecule is CN(C)C1CC(c2c[nH]c3ccc(CC4COC(=O)N4C)cc23)C1. The smallest absolute Gasteiger partial charge is 0.409 e. The van der Waals surface area contributed by atoms with E-state index in [1.165, 1.54) is 34.9 Å². The van der Waals surface area contributed by atoms with E-state index in [0.29, 0.717) is 18.6 Å². The molecular formula is C19H25N3O2. The monoisotopic (exact) mass is 327 g/mol. The second-order valence-corrected chi connectivity index (χ2v) is 7.46.